The fourth-order valence-electron chi connectivity index (χ4n) is 2.22. The Balaban J connectivity index is 1.99. The van der Waals surface area contributed by atoms with E-state index >= 15 is 0 Å². The van der Waals surface area contributed by atoms with Gasteiger partial charge < -0.3 is 9.84 Å². The van der Waals surface area contributed by atoms with Crippen molar-refractivity contribution in [2.75, 3.05) is 26.3 Å². The molecule has 2 atom stereocenters. The van der Waals surface area contributed by atoms with Gasteiger partial charge in [-0.1, -0.05) is 29.8 Å². The normalized spacial score (nSPS) is 24.4. The van der Waals surface area contributed by atoms with Crippen molar-refractivity contribution in [2.24, 2.45) is 0 Å². The quantitative estimate of drug-likeness (QED) is 0.831. The van der Waals surface area contributed by atoms with E-state index in [1.54, 1.807) is 0 Å². The van der Waals surface area contributed by atoms with E-state index in [-0.39, 0.29) is 24.5 Å². The molecule has 2 rings (SSSR count). The van der Waals surface area contributed by atoms with Crippen LogP contribution < -0.4 is 0 Å². The van der Waals surface area contributed by atoms with Gasteiger partial charge >= 0.3 is 0 Å². The van der Waals surface area contributed by atoms with Crippen LogP contribution in [0.1, 0.15) is 22.8 Å². The molecule has 1 heterocycles. The minimum absolute atomic E-state index is 0.00193. The fourth-order valence-corrected chi connectivity index (χ4v) is 2.22. The van der Waals surface area contributed by atoms with E-state index in [0.717, 1.165) is 11.1 Å². The molecule has 19 heavy (non-hydrogen) atoms. The van der Waals surface area contributed by atoms with Gasteiger partial charge in [-0.2, -0.15) is 0 Å². The molecule has 0 aliphatic carbocycles. The van der Waals surface area contributed by atoms with Crippen LogP contribution in [0.2, 0.25) is 0 Å². The van der Waals surface area contributed by atoms with Crippen LogP contribution in [0.3, 0.4) is 0 Å². The van der Waals surface area contributed by atoms with Crippen molar-refractivity contribution in [1.29, 1.82) is 0 Å². The summed E-state index contributed by atoms with van der Waals surface area (Å²) in [7, 11) is 0. The number of carbonyl (C=O) groups is 1. The van der Waals surface area contributed by atoms with Gasteiger partial charge in [0.15, 0.2) is 5.78 Å². The van der Waals surface area contributed by atoms with Gasteiger partial charge in [-0.25, -0.2) is 0 Å². The predicted octanol–water partition coefficient (Wildman–Crippen LogP) is 1.26. The number of nitrogens with zero attached hydrogens (tertiary/aromatic N) is 1. The van der Waals surface area contributed by atoms with Crippen molar-refractivity contribution in [3.8, 4) is 0 Å². The molecule has 4 nitrogen and oxygen atoms in total. The highest BCUT2D eigenvalue weighted by Gasteiger charge is 2.27. The summed E-state index contributed by atoms with van der Waals surface area (Å²) in [4.78, 5) is 14.3. The van der Waals surface area contributed by atoms with Crippen molar-refractivity contribution >= 4 is 5.78 Å². The van der Waals surface area contributed by atoms with Crippen molar-refractivity contribution in [3.63, 3.8) is 0 Å². The topological polar surface area (TPSA) is 49.8 Å². The molecule has 0 radical (unpaired) electrons. The van der Waals surface area contributed by atoms with Gasteiger partial charge in [-0.15, -0.1) is 0 Å². The van der Waals surface area contributed by atoms with Crippen LogP contribution in [0.4, 0.5) is 0 Å². The molecule has 0 saturated carbocycles. The van der Waals surface area contributed by atoms with Crippen molar-refractivity contribution < 1.29 is 14.6 Å². The van der Waals surface area contributed by atoms with Crippen molar-refractivity contribution in [3.05, 3.63) is 35.4 Å². The predicted molar refractivity (Wildman–Crippen MR) is 73.4 cm³/mol. The smallest absolute Gasteiger partial charge is 0.176 e. The first-order chi connectivity index (χ1) is 9.10. The summed E-state index contributed by atoms with van der Waals surface area (Å²) in [5.74, 6) is 0.116. The summed E-state index contributed by atoms with van der Waals surface area (Å²) >= 11 is 0. The van der Waals surface area contributed by atoms with Crippen molar-refractivity contribution in [2.45, 2.75) is 26.0 Å². The van der Waals surface area contributed by atoms with E-state index in [4.69, 9.17) is 9.84 Å². The average Bonchev–Trinajstić information content (AvgIpc) is 2.42. The Kier molecular flexibility index (Phi) is 4.69. The second kappa shape index (κ2) is 6.28. The lowest BCUT2D eigenvalue weighted by Crippen LogP contribution is -2.51. The molecule has 0 spiro atoms. The third-order valence-electron chi connectivity index (χ3n) is 3.56. The summed E-state index contributed by atoms with van der Waals surface area (Å²) in [5, 5.41) is 9.14. The number of aryl methyl sites for hydroxylation is 1. The Morgan fingerprint density at radius 2 is 2.11 bits per heavy atom. The van der Waals surface area contributed by atoms with Crippen LogP contribution in [0.25, 0.3) is 0 Å². The minimum atomic E-state index is -0.179. The zero-order valence-corrected chi connectivity index (χ0v) is 11.5. The molecular formula is C15H21NO3. The van der Waals surface area contributed by atoms with Gasteiger partial charge in [0.25, 0.3) is 0 Å². The number of hydrogen-bond acceptors (Lipinski definition) is 4. The zero-order chi connectivity index (χ0) is 13.8. The lowest BCUT2D eigenvalue weighted by molar-refractivity contribution is -0.0747. The standard InChI is InChI=1S/C15H21NO3/c1-11-3-5-13(6-4-11)15(18)8-16-7-14(9-17)19-10-12(16)2/h3-6,12,14,17H,7-10H2,1-2H3. The molecule has 1 aliphatic heterocycles. The summed E-state index contributed by atoms with van der Waals surface area (Å²) in [6.45, 7) is 5.59. The Morgan fingerprint density at radius 1 is 1.42 bits per heavy atom. The molecule has 1 N–H and O–H groups in total. The van der Waals surface area contributed by atoms with Crippen LogP contribution in [-0.4, -0.2) is 54.2 Å². The molecule has 1 fully saturated rings. The maximum atomic E-state index is 12.2. The average molecular weight is 263 g/mol. The van der Waals surface area contributed by atoms with Crippen LogP contribution in [0, 0.1) is 6.92 Å². The number of ether oxygens (including phenoxy) is 1. The fraction of sp³-hybridized carbons (Fsp3) is 0.533. The van der Waals surface area contributed by atoms with Crippen LogP contribution >= 0.6 is 0 Å². The molecule has 2 unspecified atom stereocenters. The van der Waals surface area contributed by atoms with Gasteiger partial charge in [0, 0.05) is 18.2 Å². The van der Waals surface area contributed by atoms with E-state index in [1.165, 1.54) is 0 Å². The second-order valence-electron chi connectivity index (χ2n) is 5.21. The van der Waals surface area contributed by atoms with E-state index in [9.17, 15) is 4.79 Å². The number of aliphatic hydroxyl groups is 1. The SMILES string of the molecule is Cc1ccc(C(=O)CN2CC(CO)OCC2C)cc1. The number of Topliss-reactive ketones (excluding diaryl/α,β-unsaturated/α-hetero) is 1. The number of morpholine rings is 1. The second-order valence-corrected chi connectivity index (χ2v) is 5.21. The van der Waals surface area contributed by atoms with E-state index in [0.29, 0.717) is 19.7 Å². The van der Waals surface area contributed by atoms with Gasteiger partial charge in [-0.05, 0) is 13.8 Å². The summed E-state index contributed by atoms with van der Waals surface area (Å²) < 4.78 is 5.47. The maximum absolute atomic E-state index is 12.2. The Bertz CT molecular complexity index is 430. The molecule has 104 valence electrons. The molecule has 1 aromatic rings. The molecule has 1 aliphatic rings. The first-order valence-electron chi connectivity index (χ1n) is 6.66. The van der Waals surface area contributed by atoms with Gasteiger partial charge in [-0.3, -0.25) is 9.69 Å². The van der Waals surface area contributed by atoms with Crippen LogP contribution in [0.5, 0.6) is 0 Å². The molecule has 1 aromatic carbocycles. The molecule has 0 aromatic heterocycles. The first kappa shape index (κ1) is 14.2. The number of rotatable bonds is 4. The monoisotopic (exact) mass is 263 g/mol. The van der Waals surface area contributed by atoms with Crippen molar-refractivity contribution in [1.82, 2.24) is 4.90 Å². The van der Waals surface area contributed by atoms with E-state index < -0.39 is 0 Å². The summed E-state index contributed by atoms with van der Waals surface area (Å²) in [6, 6.07) is 7.84. The summed E-state index contributed by atoms with van der Waals surface area (Å²) in [6.07, 6.45) is -0.179. The molecule has 0 bridgehead atoms. The number of aliphatic hydroxyl groups excluding tert-OH is 1. The lowest BCUT2D eigenvalue weighted by Gasteiger charge is -2.36. The molecular weight excluding hydrogens is 242 g/mol. The highest BCUT2D eigenvalue weighted by atomic mass is 16.5. The highest BCUT2D eigenvalue weighted by molar-refractivity contribution is 5.97. The number of carbonyl (C=O) groups excluding carboxylic acids is 1. The number of benzene rings is 1. The third kappa shape index (κ3) is 3.62. The zero-order valence-electron chi connectivity index (χ0n) is 11.5. The Morgan fingerprint density at radius 3 is 2.74 bits per heavy atom. The van der Waals surface area contributed by atoms with Crippen LogP contribution in [0.15, 0.2) is 24.3 Å². The van der Waals surface area contributed by atoms with Gasteiger partial charge in [0.1, 0.15) is 0 Å². The molecule has 4 heteroatoms. The van der Waals surface area contributed by atoms with Crippen LogP contribution in [-0.2, 0) is 4.74 Å². The number of hydrogen-bond donors (Lipinski definition) is 1. The largest absolute Gasteiger partial charge is 0.394 e. The molecule has 0 amide bonds. The van der Waals surface area contributed by atoms with Gasteiger partial charge in [0.2, 0.25) is 0 Å². The maximum Gasteiger partial charge on any atom is 0.176 e. The molecule has 1 saturated heterocycles. The Hall–Kier alpha value is -1.23. The van der Waals surface area contributed by atoms with Gasteiger partial charge in [0.05, 0.1) is 25.9 Å². The Labute approximate surface area is 114 Å². The summed E-state index contributed by atoms with van der Waals surface area (Å²) in [5.41, 5.74) is 1.89. The highest BCUT2D eigenvalue weighted by Crippen LogP contribution is 2.13. The first-order valence-corrected chi connectivity index (χ1v) is 6.66. The third-order valence-corrected chi connectivity index (χ3v) is 3.56. The van der Waals surface area contributed by atoms with E-state index in [1.807, 2.05) is 38.1 Å². The minimum Gasteiger partial charge on any atom is -0.394 e. The lowest BCUT2D eigenvalue weighted by atomic mass is 10.1. The number of ketones is 1. The van der Waals surface area contributed by atoms with E-state index in [2.05, 4.69) is 4.90 Å².